The van der Waals surface area contributed by atoms with Crippen LogP contribution in [-0.4, -0.2) is 41.5 Å². The fourth-order valence-corrected chi connectivity index (χ4v) is 5.40. The summed E-state index contributed by atoms with van der Waals surface area (Å²) < 4.78 is 27.3. The van der Waals surface area contributed by atoms with Crippen molar-refractivity contribution in [2.45, 2.75) is 31.6 Å². The minimum Gasteiger partial charge on any atom is -0.342 e. The lowest BCUT2D eigenvalue weighted by atomic mass is 9.99. The Morgan fingerprint density at radius 1 is 1.07 bits per heavy atom. The van der Waals surface area contributed by atoms with Gasteiger partial charge in [0.2, 0.25) is 10.0 Å². The summed E-state index contributed by atoms with van der Waals surface area (Å²) in [5.74, 6) is 1.24. The van der Waals surface area contributed by atoms with Gasteiger partial charge in [0, 0.05) is 19.0 Å². The average Bonchev–Trinajstić information content (AvgIpc) is 3.13. The summed E-state index contributed by atoms with van der Waals surface area (Å²) in [6, 6.07) is 18.0. The number of hydrogen-bond acceptors (Lipinski definition) is 3. The topological polar surface area (TPSA) is 66.1 Å². The number of nitrogens with zero attached hydrogens (tertiary/aromatic N) is 2. The van der Waals surface area contributed by atoms with Gasteiger partial charge in [0.25, 0.3) is 0 Å². The van der Waals surface area contributed by atoms with E-state index in [4.69, 9.17) is 0 Å². The molecule has 1 atom stereocenters. The highest BCUT2D eigenvalue weighted by Crippen LogP contribution is 2.28. The Morgan fingerprint density at radius 2 is 1.85 bits per heavy atom. The van der Waals surface area contributed by atoms with E-state index in [2.05, 4.69) is 9.97 Å². The maximum absolute atomic E-state index is 12.8. The van der Waals surface area contributed by atoms with Gasteiger partial charge in [-0.05, 0) is 43.4 Å². The van der Waals surface area contributed by atoms with Crippen LogP contribution < -0.4 is 0 Å². The molecule has 0 amide bonds. The number of hydrogen-bond donors (Lipinski definition) is 1. The van der Waals surface area contributed by atoms with Crippen molar-refractivity contribution in [1.29, 1.82) is 0 Å². The summed E-state index contributed by atoms with van der Waals surface area (Å²) in [7, 11) is -3.23. The van der Waals surface area contributed by atoms with Crippen molar-refractivity contribution in [3.05, 3.63) is 66.0 Å². The van der Waals surface area contributed by atoms with Crippen LogP contribution in [-0.2, 0) is 16.4 Å². The van der Waals surface area contributed by atoms with Crippen LogP contribution in [0.25, 0.3) is 11.0 Å². The predicted octanol–water partition coefficient (Wildman–Crippen LogP) is 3.70. The lowest BCUT2D eigenvalue weighted by molar-refractivity contribution is 0.310. The number of sulfonamides is 1. The highest BCUT2D eigenvalue weighted by Gasteiger charge is 2.30. The Labute approximate surface area is 160 Å². The van der Waals surface area contributed by atoms with Gasteiger partial charge in [0.15, 0.2) is 0 Å². The first-order valence-corrected chi connectivity index (χ1v) is 11.2. The second-order valence-electron chi connectivity index (χ2n) is 7.24. The van der Waals surface area contributed by atoms with Gasteiger partial charge in [-0.25, -0.2) is 17.7 Å². The number of imidazole rings is 1. The number of aromatic nitrogens is 2. The zero-order valence-corrected chi connectivity index (χ0v) is 16.2. The summed E-state index contributed by atoms with van der Waals surface area (Å²) in [4.78, 5) is 8.05. The van der Waals surface area contributed by atoms with Crippen LogP contribution in [0.15, 0.2) is 54.6 Å². The van der Waals surface area contributed by atoms with Gasteiger partial charge < -0.3 is 4.98 Å². The van der Waals surface area contributed by atoms with Gasteiger partial charge in [-0.15, -0.1) is 0 Å². The molecule has 1 unspecified atom stereocenters. The number of aryl methyl sites for hydroxylation is 1. The molecule has 2 heterocycles. The van der Waals surface area contributed by atoms with Crippen molar-refractivity contribution in [3.63, 3.8) is 0 Å². The largest absolute Gasteiger partial charge is 0.342 e. The molecule has 2 aromatic carbocycles. The molecule has 0 aliphatic carbocycles. The smallest absolute Gasteiger partial charge is 0.214 e. The molecule has 142 valence electrons. The summed E-state index contributed by atoms with van der Waals surface area (Å²) in [5.41, 5.74) is 3.14. The molecule has 0 spiro atoms. The molecule has 1 N–H and O–H groups in total. The Kier molecular flexibility index (Phi) is 5.27. The number of fused-ring (bicyclic) bond motifs is 1. The molecule has 1 fully saturated rings. The molecule has 1 aliphatic heterocycles. The predicted molar refractivity (Wildman–Crippen MR) is 108 cm³/mol. The Balaban J connectivity index is 1.40. The van der Waals surface area contributed by atoms with Gasteiger partial charge >= 0.3 is 0 Å². The van der Waals surface area contributed by atoms with E-state index in [1.165, 1.54) is 5.56 Å². The first kappa shape index (κ1) is 18.2. The zero-order valence-electron chi connectivity index (χ0n) is 15.3. The van der Waals surface area contributed by atoms with E-state index in [1.807, 2.05) is 54.6 Å². The molecule has 0 saturated carbocycles. The number of para-hydroxylation sites is 2. The number of H-pyrrole nitrogens is 1. The van der Waals surface area contributed by atoms with Gasteiger partial charge in [-0.3, -0.25) is 0 Å². The SMILES string of the molecule is O=S(=O)(CCCc1ccccc1)N1CCCC(c2nc3ccccc3[nH]2)C1. The maximum Gasteiger partial charge on any atom is 0.214 e. The number of rotatable bonds is 6. The van der Waals surface area contributed by atoms with E-state index in [-0.39, 0.29) is 11.7 Å². The van der Waals surface area contributed by atoms with Crippen LogP contribution in [0.1, 0.15) is 36.6 Å². The minimum atomic E-state index is -3.23. The number of piperidine rings is 1. The molecule has 1 aliphatic rings. The average molecular weight is 384 g/mol. The van der Waals surface area contributed by atoms with E-state index < -0.39 is 10.0 Å². The van der Waals surface area contributed by atoms with Crippen LogP contribution in [0.3, 0.4) is 0 Å². The van der Waals surface area contributed by atoms with Gasteiger partial charge in [0.05, 0.1) is 16.8 Å². The third kappa shape index (κ3) is 4.22. The standard InChI is InChI=1S/C21H25N3O2S/c25-27(26,15-7-10-17-8-2-1-3-9-17)24-14-6-11-18(16-24)21-22-19-12-4-5-13-20(19)23-21/h1-5,8-9,12-13,18H,6-7,10-11,14-16H2,(H,22,23). The van der Waals surface area contributed by atoms with Crippen molar-refractivity contribution in [2.24, 2.45) is 0 Å². The number of benzene rings is 2. The first-order chi connectivity index (χ1) is 13.1. The quantitative estimate of drug-likeness (QED) is 0.706. The van der Waals surface area contributed by atoms with E-state index in [0.29, 0.717) is 19.5 Å². The zero-order chi connectivity index (χ0) is 18.7. The molecule has 27 heavy (non-hydrogen) atoms. The monoisotopic (exact) mass is 383 g/mol. The van der Waals surface area contributed by atoms with E-state index >= 15 is 0 Å². The highest BCUT2D eigenvalue weighted by atomic mass is 32.2. The summed E-state index contributed by atoms with van der Waals surface area (Å²) in [6.07, 6.45) is 3.29. The molecule has 4 rings (SSSR count). The van der Waals surface area contributed by atoms with Crippen LogP contribution >= 0.6 is 0 Å². The van der Waals surface area contributed by atoms with Crippen molar-refractivity contribution in [3.8, 4) is 0 Å². The molecule has 1 aromatic heterocycles. The van der Waals surface area contributed by atoms with Gasteiger partial charge in [-0.2, -0.15) is 0 Å². The van der Waals surface area contributed by atoms with Crippen LogP contribution in [0.5, 0.6) is 0 Å². The summed E-state index contributed by atoms with van der Waals surface area (Å²) in [6.45, 7) is 1.14. The molecular formula is C21H25N3O2S. The van der Waals surface area contributed by atoms with Crippen molar-refractivity contribution < 1.29 is 8.42 Å². The van der Waals surface area contributed by atoms with Gasteiger partial charge in [0.1, 0.15) is 5.82 Å². The van der Waals surface area contributed by atoms with Crippen LogP contribution in [0.4, 0.5) is 0 Å². The van der Waals surface area contributed by atoms with Crippen LogP contribution in [0.2, 0.25) is 0 Å². The van der Waals surface area contributed by atoms with Gasteiger partial charge in [-0.1, -0.05) is 42.5 Å². The second-order valence-corrected chi connectivity index (χ2v) is 9.33. The van der Waals surface area contributed by atoms with Crippen molar-refractivity contribution >= 4 is 21.1 Å². The third-order valence-electron chi connectivity index (χ3n) is 5.28. The summed E-state index contributed by atoms with van der Waals surface area (Å²) in [5, 5.41) is 0. The fraction of sp³-hybridized carbons (Fsp3) is 0.381. The Hall–Kier alpha value is -2.18. The van der Waals surface area contributed by atoms with E-state index in [1.54, 1.807) is 4.31 Å². The molecule has 5 nitrogen and oxygen atoms in total. The molecule has 3 aromatic rings. The molecule has 0 bridgehead atoms. The number of aromatic amines is 1. The third-order valence-corrected chi connectivity index (χ3v) is 7.21. The Bertz CT molecular complexity index is 965. The molecule has 6 heteroatoms. The molecule has 1 saturated heterocycles. The van der Waals surface area contributed by atoms with E-state index in [9.17, 15) is 8.42 Å². The molecular weight excluding hydrogens is 358 g/mol. The highest BCUT2D eigenvalue weighted by molar-refractivity contribution is 7.89. The minimum absolute atomic E-state index is 0.134. The molecule has 0 radical (unpaired) electrons. The number of nitrogens with one attached hydrogen (secondary N) is 1. The first-order valence-electron chi connectivity index (χ1n) is 9.58. The normalized spacial score (nSPS) is 18.7. The Morgan fingerprint density at radius 3 is 2.67 bits per heavy atom. The van der Waals surface area contributed by atoms with Crippen molar-refractivity contribution in [2.75, 3.05) is 18.8 Å². The van der Waals surface area contributed by atoms with E-state index in [0.717, 1.165) is 36.1 Å². The maximum atomic E-state index is 12.8. The summed E-state index contributed by atoms with van der Waals surface area (Å²) >= 11 is 0. The fourth-order valence-electron chi connectivity index (χ4n) is 3.82. The lowest BCUT2D eigenvalue weighted by Crippen LogP contribution is -2.40. The lowest BCUT2D eigenvalue weighted by Gasteiger charge is -2.31. The van der Waals surface area contributed by atoms with Crippen LogP contribution in [0, 0.1) is 0 Å². The second kappa shape index (κ2) is 7.82. The van der Waals surface area contributed by atoms with Crippen molar-refractivity contribution in [1.82, 2.24) is 14.3 Å².